The minimum atomic E-state index is -0.585. The number of esters is 1. The summed E-state index contributed by atoms with van der Waals surface area (Å²) in [7, 11) is 0.373. The van der Waals surface area contributed by atoms with Gasteiger partial charge in [-0.15, -0.1) is 0 Å². The molecule has 4 nitrogen and oxygen atoms in total. The molecule has 0 bridgehead atoms. The van der Waals surface area contributed by atoms with Gasteiger partial charge in [0.05, 0.1) is 25.0 Å². The van der Waals surface area contributed by atoms with Crippen LogP contribution in [0.5, 0.6) is 0 Å². The second-order valence-corrected chi connectivity index (χ2v) is 9.30. The molecule has 0 aliphatic carbocycles. The SMILES string of the molecule is C[S+](C)CCC1NC(=O)C(C[S+](C)C)OC1=O. The molecule has 17 heavy (non-hydrogen) atoms. The molecule has 1 saturated heterocycles. The maximum Gasteiger partial charge on any atom is 0.329 e. The third-order valence-electron chi connectivity index (χ3n) is 2.45. The number of hydrogen-bond acceptors (Lipinski definition) is 3. The van der Waals surface area contributed by atoms with Crippen LogP contribution in [0.25, 0.3) is 0 Å². The zero-order chi connectivity index (χ0) is 13.0. The Labute approximate surface area is 109 Å². The van der Waals surface area contributed by atoms with Crippen molar-refractivity contribution in [2.24, 2.45) is 0 Å². The first-order chi connectivity index (χ1) is 7.90. The van der Waals surface area contributed by atoms with Crippen LogP contribution >= 0.6 is 0 Å². The molecule has 0 aromatic heterocycles. The van der Waals surface area contributed by atoms with Crippen molar-refractivity contribution in [1.29, 1.82) is 0 Å². The highest BCUT2D eigenvalue weighted by Crippen LogP contribution is 2.10. The summed E-state index contributed by atoms with van der Waals surface area (Å²) in [4.78, 5) is 23.5. The Morgan fingerprint density at radius 3 is 2.35 bits per heavy atom. The molecule has 6 heteroatoms. The Morgan fingerprint density at radius 1 is 1.18 bits per heavy atom. The summed E-state index contributed by atoms with van der Waals surface area (Å²) in [5.41, 5.74) is 0. The van der Waals surface area contributed by atoms with Crippen LogP contribution in [-0.4, -0.2) is 60.6 Å². The number of nitrogens with one attached hydrogen (secondary N) is 1. The Hall–Kier alpha value is -0.360. The first-order valence-electron chi connectivity index (χ1n) is 5.49. The maximum absolute atomic E-state index is 11.7. The molecule has 1 heterocycles. The van der Waals surface area contributed by atoms with Gasteiger partial charge in [0.2, 0.25) is 6.10 Å². The lowest BCUT2D eigenvalue weighted by Gasteiger charge is -2.27. The molecule has 1 aliphatic rings. The largest absolute Gasteiger partial charge is 0.446 e. The average Bonchev–Trinajstić information content (AvgIpc) is 2.20. The molecule has 1 amide bonds. The second-order valence-electron chi connectivity index (χ2n) is 4.62. The normalized spacial score (nSPS) is 25.1. The van der Waals surface area contributed by atoms with Crippen molar-refractivity contribution in [1.82, 2.24) is 5.32 Å². The van der Waals surface area contributed by atoms with E-state index in [4.69, 9.17) is 4.74 Å². The van der Waals surface area contributed by atoms with E-state index in [2.05, 4.69) is 17.8 Å². The zero-order valence-electron chi connectivity index (χ0n) is 10.8. The van der Waals surface area contributed by atoms with Gasteiger partial charge in [-0.2, -0.15) is 0 Å². The van der Waals surface area contributed by atoms with Crippen molar-refractivity contribution < 1.29 is 14.3 Å². The molecular weight excluding hydrogens is 258 g/mol. The quantitative estimate of drug-likeness (QED) is 0.547. The molecule has 1 aliphatic heterocycles. The molecule has 0 saturated carbocycles. The van der Waals surface area contributed by atoms with Crippen LogP contribution in [0.1, 0.15) is 6.42 Å². The standard InChI is InChI=1S/C11H20NO3S2/c1-16(2)6-5-8-11(14)15-9(7-17(3)4)10(13)12-8/h8-9H,5-7H2,1-4H3/q+1/p+1. The molecule has 0 aromatic rings. The van der Waals surface area contributed by atoms with Gasteiger partial charge in [-0.1, -0.05) is 0 Å². The number of amides is 1. The van der Waals surface area contributed by atoms with Gasteiger partial charge < -0.3 is 10.1 Å². The van der Waals surface area contributed by atoms with E-state index < -0.39 is 12.1 Å². The summed E-state index contributed by atoms with van der Waals surface area (Å²) in [5, 5.41) is 2.77. The van der Waals surface area contributed by atoms with Crippen LogP contribution in [0.3, 0.4) is 0 Å². The Bertz CT molecular complexity index is 294. The fourth-order valence-corrected chi connectivity index (χ4v) is 3.09. The van der Waals surface area contributed by atoms with Crippen molar-refractivity contribution in [2.75, 3.05) is 36.5 Å². The van der Waals surface area contributed by atoms with Crippen molar-refractivity contribution in [3.05, 3.63) is 0 Å². The third-order valence-corrected chi connectivity index (χ3v) is 4.47. The highest BCUT2D eigenvalue weighted by Gasteiger charge is 2.38. The van der Waals surface area contributed by atoms with E-state index in [0.717, 1.165) is 5.75 Å². The topological polar surface area (TPSA) is 55.4 Å². The predicted molar refractivity (Wildman–Crippen MR) is 74.6 cm³/mol. The van der Waals surface area contributed by atoms with Crippen molar-refractivity contribution >= 4 is 33.7 Å². The summed E-state index contributed by atoms with van der Waals surface area (Å²) in [5.74, 6) is 1.15. The van der Waals surface area contributed by atoms with Gasteiger partial charge in [0.25, 0.3) is 5.91 Å². The number of carbonyl (C=O) groups excluding carboxylic acids is 2. The van der Waals surface area contributed by atoms with Gasteiger partial charge in [-0.05, 0) is 21.8 Å². The molecule has 0 spiro atoms. The molecule has 2 atom stereocenters. The number of carbonyl (C=O) groups is 2. The Morgan fingerprint density at radius 2 is 1.82 bits per heavy atom. The fourth-order valence-electron chi connectivity index (χ4n) is 1.56. The lowest BCUT2D eigenvalue weighted by atomic mass is 10.2. The van der Waals surface area contributed by atoms with Crippen molar-refractivity contribution in [3.63, 3.8) is 0 Å². The van der Waals surface area contributed by atoms with Crippen LogP contribution in [0, 0.1) is 0 Å². The number of ether oxygens (including phenoxy) is 1. The Balaban J connectivity index is 2.49. The second kappa shape index (κ2) is 6.54. The van der Waals surface area contributed by atoms with E-state index in [0.29, 0.717) is 12.2 Å². The van der Waals surface area contributed by atoms with Gasteiger partial charge in [-0.3, -0.25) is 4.79 Å². The fraction of sp³-hybridized carbons (Fsp3) is 0.818. The summed E-state index contributed by atoms with van der Waals surface area (Å²) in [6.07, 6.45) is 8.41. The first-order valence-corrected chi connectivity index (χ1v) is 9.91. The van der Waals surface area contributed by atoms with E-state index in [1.165, 1.54) is 0 Å². The van der Waals surface area contributed by atoms with Crippen molar-refractivity contribution in [2.45, 2.75) is 18.6 Å². The molecule has 0 aromatic carbocycles. The smallest absolute Gasteiger partial charge is 0.329 e. The summed E-state index contributed by atoms with van der Waals surface area (Å²) < 4.78 is 5.21. The summed E-state index contributed by atoms with van der Waals surface area (Å²) in [6.45, 7) is 0. The molecule has 0 radical (unpaired) electrons. The molecule has 2 unspecified atom stereocenters. The van der Waals surface area contributed by atoms with Crippen LogP contribution in [-0.2, 0) is 36.1 Å². The summed E-state index contributed by atoms with van der Waals surface area (Å²) >= 11 is 0. The molecule has 98 valence electrons. The third kappa shape index (κ3) is 4.79. The predicted octanol–water partition coefficient (Wildman–Crippen LogP) is -0.457. The van der Waals surface area contributed by atoms with E-state index in [1.54, 1.807) is 0 Å². The first kappa shape index (κ1) is 14.7. The average molecular weight is 279 g/mol. The van der Waals surface area contributed by atoms with Gasteiger partial charge in [0.1, 0.15) is 11.8 Å². The number of cyclic esters (lactones) is 1. The number of morpholine rings is 1. The van der Waals surface area contributed by atoms with Crippen LogP contribution < -0.4 is 5.32 Å². The van der Waals surface area contributed by atoms with Gasteiger partial charge in [-0.25, -0.2) is 4.79 Å². The number of hydrogen-bond donors (Lipinski definition) is 1. The minimum absolute atomic E-state index is 0.0923. The maximum atomic E-state index is 11.7. The molecular formula is C11H21NO3S2+2. The van der Waals surface area contributed by atoms with Crippen LogP contribution in [0.4, 0.5) is 0 Å². The molecule has 1 rings (SSSR count). The lowest BCUT2D eigenvalue weighted by molar-refractivity contribution is -0.164. The van der Waals surface area contributed by atoms with Gasteiger partial charge in [0, 0.05) is 6.42 Å². The van der Waals surface area contributed by atoms with E-state index >= 15 is 0 Å². The summed E-state index contributed by atoms with van der Waals surface area (Å²) in [6, 6.07) is -0.441. The highest BCUT2D eigenvalue weighted by molar-refractivity contribution is 7.95. The zero-order valence-corrected chi connectivity index (χ0v) is 12.5. The minimum Gasteiger partial charge on any atom is -0.446 e. The molecule has 1 fully saturated rings. The highest BCUT2D eigenvalue weighted by atomic mass is 32.2. The van der Waals surface area contributed by atoms with Gasteiger partial charge in [0.15, 0.2) is 5.75 Å². The van der Waals surface area contributed by atoms with Crippen LogP contribution in [0.15, 0.2) is 0 Å². The van der Waals surface area contributed by atoms with E-state index in [1.807, 2.05) is 12.5 Å². The lowest BCUT2D eigenvalue weighted by Crippen LogP contribution is -2.56. The van der Waals surface area contributed by atoms with Gasteiger partial charge >= 0.3 is 5.97 Å². The number of rotatable bonds is 5. The Kier molecular flexibility index (Phi) is 5.66. The van der Waals surface area contributed by atoms with Crippen LogP contribution in [0.2, 0.25) is 0 Å². The van der Waals surface area contributed by atoms with E-state index in [9.17, 15) is 9.59 Å². The van der Waals surface area contributed by atoms with E-state index in [-0.39, 0.29) is 33.7 Å². The molecule has 1 N–H and O–H groups in total. The monoisotopic (exact) mass is 279 g/mol. The van der Waals surface area contributed by atoms with Crippen molar-refractivity contribution in [3.8, 4) is 0 Å².